The molecular weight excluding hydrogens is 716 g/mol. The van der Waals surface area contributed by atoms with Gasteiger partial charge in [0, 0.05) is 51.4 Å². The highest BCUT2D eigenvalue weighted by Gasteiger charge is 2.16. The minimum absolute atomic E-state index is 0. The number of nitrogens with one attached hydrogen (secondary N) is 2. The van der Waals surface area contributed by atoms with Crippen molar-refractivity contribution >= 4 is 106 Å². The number of carbonyl (C=O) groups is 2. The van der Waals surface area contributed by atoms with Crippen LogP contribution in [-0.4, -0.2) is 87.2 Å². The van der Waals surface area contributed by atoms with Crippen LogP contribution >= 0.6 is 94.4 Å². The first kappa shape index (κ1) is 39.2. The monoisotopic (exact) mass is 744 g/mol. The van der Waals surface area contributed by atoms with Crippen molar-refractivity contribution in [2.75, 3.05) is 65.6 Å². The predicted octanol–water partition coefficient (Wildman–Crippen LogP) is 6.54. The second kappa shape index (κ2) is 20.3. The number of halogens is 8. The van der Waals surface area contributed by atoms with Gasteiger partial charge in [-0.15, -0.1) is 24.8 Å². The zero-order valence-corrected chi connectivity index (χ0v) is 28.6. The summed E-state index contributed by atoms with van der Waals surface area (Å²) in [5.74, 6) is 0.157. The summed E-state index contributed by atoms with van der Waals surface area (Å²) in [6, 6.07) is 5.93. The molecule has 0 radical (unpaired) electrons. The third-order valence-corrected chi connectivity index (χ3v) is 8.11. The standard InChI is InChI=1S/C26H30Cl6N4O4.2ClH/c27-17-11-21(31)23(13-19(17)29)39-15-25(37)33-3-1-5-35-7-9-36(10-8-35)6-2-4-34-26(38)16-40-24-14-20(30)18(28)12-22(24)32;;/h11-14H,1-10,15-16H2,(H,33,37)(H,34,38);2*1H. The normalized spacial score (nSPS) is 13.5. The Kier molecular flexibility index (Phi) is 19.0. The summed E-state index contributed by atoms with van der Waals surface area (Å²) in [6.45, 7) is 6.41. The zero-order valence-electron chi connectivity index (χ0n) is 22.4. The van der Waals surface area contributed by atoms with Gasteiger partial charge < -0.3 is 29.9 Å². The first-order valence-electron chi connectivity index (χ1n) is 12.6. The van der Waals surface area contributed by atoms with Crippen LogP contribution in [0, 0.1) is 0 Å². The van der Waals surface area contributed by atoms with E-state index >= 15 is 0 Å². The largest absolute Gasteiger partial charge is 0.482 e. The van der Waals surface area contributed by atoms with E-state index in [0.717, 1.165) is 52.1 Å². The lowest BCUT2D eigenvalue weighted by molar-refractivity contribution is -0.123. The van der Waals surface area contributed by atoms with Crippen molar-refractivity contribution in [1.82, 2.24) is 20.4 Å². The third-order valence-electron chi connectivity index (χ3n) is 6.08. The van der Waals surface area contributed by atoms with Gasteiger partial charge in [-0.1, -0.05) is 69.6 Å². The Labute approximate surface area is 288 Å². The summed E-state index contributed by atoms with van der Waals surface area (Å²) < 4.78 is 10.9. The van der Waals surface area contributed by atoms with E-state index in [1.807, 2.05) is 0 Å². The fourth-order valence-corrected chi connectivity index (χ4v) is 5.10. The summed E-state index contributed by atoms with van der Waals surface area (Å²) in [5.41, 5.74) is 0. The van der Waals surface area contributed by atoms with Crippen LogP contribution in [0.3, 0.4) is 0 Å². The van der Waals surface area contributed by atoms with Gasteiger partial charge in [0.25, 0.3) is 11.8 Å². The lowest BCUT2D eigenvalue weighted by Gasteiger charge is -2.34. The first-order valence-corrected chi connectivity index (χ1v) is 14.9. The predicted molar refractivity (Wildman–Crippen MR) is 177 cm³/mol. The molecule has 1 aliphatic heterocycles. The van der Waals surface area contributed by atoms with E-state index in [1.54, 1.807) is 0 Å². The van der Waals surface area contributed by atoms with E-state index in [2.05, 4.69) is 20.4 Å². The molecule has 0 aliphatic carbocycles. The van der Waals surface area contributed by atoms with E-state index in [1.165, 1.54) is 24.3 Å². The maximum Gasteiger partial charge on any atom is 0.257 e. The average molecular weight is 748 g/mol. The van der Waals surface area contributed by atoms with Gasteiger partial charge in [-0.05, 0) is 38.1 Å². The highest BCUT2D eigenvalue weighted by Crippen LogP contribution is 2.34. The van der Waals surface area contributed by atoms with Crippen molar-refractivity contribution in [2.24, 2.45) is 0 Å². The highest BCUT2D eigenvalue weighted by molar-refractivity contribution is 6.44. The topological polar surface area (TPSA) is 83.1 Å². The van der Waals surface area contributed by atoms with Gasteiger partial charge in [-0.2, -0.15) is 0 Å². The first-order chi connectivity index (χ1) is 19.1. The highest BCUT2D eigenvalue weighted by atomic mass is 35.5. The summed E-state index contributed by atoms with van der Waals surface area (Å²) in [7, 11) is 0. The fraction of sp³-hybridized carbons (Fsp3) is 0.462. The van der Waals surface area contributed by atoms with Crippen LogP contribution in [0.5, 0.6) is 11.5 Å². The molecule has 0 atom stereocenters. The Morgan fingerprint density at radius 3 is 1.29 bits per heavy atom. The average Bonchev–Trinajstić information content (AvgIpc) is 2.92. The molecule has 42 heavy (non-hydrogen) atoms. The van der Waals surface area contributed by atoms with Crippen molar-refractivity contribution in [3.63, 3.8) is 0 Å². The van der Waals surface area contributed by atoms with E-state index in [-0.39, 0.29) is 49.8 Å². The number of ether oxygens (including phenoxy) is 2. The quantitative estimate of drug-likeness (QED) is 0.169. The zero-order chi connectivity index (χ0) is 29.1. The van der Waals surface area contributed by atoms with Crippen LogP contribution in [0.4, 0.5) is 0 Å². The van der Waals surface area contributed by atoms with Crippen LogP contribution in [0.1, 0.15) is 12.8 Å². The number of benzene rings is 2. The van der Waals surface area contributed by atoms with Crippen LogP contribution in [0.2, 0.25) is 30.1 Å². The fourth-order valence-electron chi connectivity index (χ4n) is 3.92. The Hall–Kier alpha value is -0.780. The second-order valence-electron chi connectivity index (χ2n) is 9.06. The van der Waals surface area contributed by atoms with Gasteiger partial charge in [0.15, 0.2) is 13.2 Å². The molecule has 236 valence electrons. The molecule has 1 fully saturated rings. The maximum atomic E-state index is 12.1. The number of hydrogen-bond acceptors (Lipinski definition) is 6. The summed E-state index contributed by atoms with van der Waals surface area (Å²) in [4.78, 5) is 28.9. The number of hydrogen-bond donors (Lipinski definition) is 2. The Balaban J connectivity index is 0.00000441. The molecule has 2 aromatic carbocycles. The molecule has 2 aromatic rings. The molecular formula is C26H32Cl8N4O4. The van der Waals surface area contributed by atoms with Crippen LogP contribution in [0.25, 0.3) is 0 Å². The van der Waals surface area contributed by atoms with Crippen LogP contribution in [-0.2, 0) is 9.59 Å². The third kappa shape index (κ3) is 13.5. The molecule has 1 heterocycles. The molecule has 1 saturated heterocycles. The molecule has 0 spiro atoms. The van der Waals surface area contributed by atoms with E-state index in [0.29, 0.717) is 54.7 Å². The lowest BCUT2D eigenvalue weighted by Crippen LogP contribution is -2.47. The van der Waals surface area contributed by atoms with Crippen molar-refractivity contribution in [3.8, 4) is 11.5 Å². The molecule has 8 nitrogen and oxygen atoms in total. The Bertz CT molecular complexity index is 1080. The molecule has 2 amide bonds. The van der Waals surface area contributed by atoms with Gasteiger partial charge in [0.05, 0.1) is 30.1 Å². The van der Waals surface area contributed by atoms with E-state index in [4.69, 9.17) is 79.1 Å². The second-order valence-corrected chi connectivity index (χ2v) is 11.5. The molecule has 3 rings (SSSR count). The lowest BCUT2D eigenvalue weighted by atomic mass is 10.2. The molecule has 0 saturated carbocycles. The molecule has 16 heteroatoms. The van der Waals surface area contributed by atoms with E-state index < -0.39 is 0 Å². The summed E-state index contributed by atoms with van der Waals surface area (Å²) in [5, 5.41) is 7.55. The molecule has 0 unspecified atom stereocenters. The van der Waals surface area contributed by atoms with Crippen molar-refractivity contribution in [2.45, 2.75) is 12.8 Å². The van der Waals surface area contributed by atoms with Gasteiger partial charge in [0.1, 0.15) is 11.5 Å². The van der Waals surface area contributed by atoms with Gasteiger partial charge >= 0.3 is 0 Å². The molecule has 2 N–H and O–H groups in total. The van der Waals surface area contributed by atoms with Crippen molar-refractivity contribution < 1.29 is 19.1 Å². The van der Waals surface area contributed by atoms with Crippen molar-refractivity contribution in [1.29, 1.82) is 0 Å². The number of nitrogens with zero attached hydrogens (tertiary/aromatic N) is 2. The SMILES string of the molecule is Cl.Cl.O=C(COc1cc(Cl)c(Cl)cc1Cl)NCCCN1CCN(CCCNC(=O)COc2cc(Cl)c(Cl)cc2Cl)CC1. The number of amides is 2. The van der Waals surface area contributed by atoms with Crippen molar-refractivity contribution in [3.05, 3.63) is 54.4 Å². The van der Waals surface area contributed by atoms with Gasteiger partial charge in [-0.3, -0.25) is 9.59 Å². The number of piperazine rings is 1. The Morgan fingerprint density at radius 1 is 0.595 bits per heavy atom. The summed E-state index contributed by atoms with van der Waals surface area (Å²) >= 11 is 35.8. The molecule has 0 bridgehead atoms. The van der Waals surface area contributed by atoms with Crippen LogP contribution in [0.15, 0.2) is 24.3 Å². The number of carbonyl (C=O) groups excluding carboxylic acids is 2. The maximum absolute atomic E-state index is 12.1. The molecule has 0 aromatic heterocycles. The minimum Gasteiger partial charge on any atom is -0.482 e. The smallest absolute Gasteiger partial charge is 0.257 e. The van der Waals surface area contributed by atoms with Gasteiger partial charge in [0.2, 0.25) is 0 Å². The van der Waals surface area contributed by atoms with E-state index in [9.17, 15) is 9.59 Å². The van der Waals surface area contributed by atoms with Gasteiger partial charge in [-0.25, -0.2) is 0 Å². The summed E-state index contributed by atoms with van der Waals surface area (Å²) in [6.07, 6.45) is 1.67. The Morgan fingerprint density at radius 2 is 0.929 bits per heavy atom. The minimum atomic E-state index is -0.233. The molecule has 1 aliphatic rings. The van der Waals surface area contributed by atoms with Crippen LogP contribution < -0.4 is 20.1 Å². The number of rotatable bonds is 14.